The normalized spacial score (nSPS) is 12.2. The molecule has 1 aromatic rings. The molecule has 1 rings (SSSR count). The molecule has 0 unspecified atom stereocenters. The van der Waals surface area contributed by atoms with Gasteiger partial charge in [0.05, 0.1) is 0 Å². The summed E-state index contributed by atoms with van der Waals surface area (Å²) in [5.74, 6) is 0. The Kier molecular flexibility index (Phi) is 4.49. The summed E-state index contributed by atoms with van der Waals surface area (Å²) in [6, 6.07) is 8.50. The number of hydrogen-bond acceptors (Lipinski definition) is 2. The molecule has 0 saturated heterocycles. The standard InChI is InChI=1S/C11H14ClNS/c1-8(2)13-11(12)14-10-6-4-9(3)5-7-10/h4-8H,1-3H3. The van der Waals surface area contributed by atoms with Crippen molar-refractivity contribution in [2.24, 2.45) is 4.99 Å². The SMILES string of the molecule is Cc1ccc(SC(Cl)=NC(C)C)cc1. The largest absolute Gasteiger partial charge is 0.264 e. The van der Waals surface area contributed by atoms with Gasteiger partial charge in [-0.25, -0.2) is 0 Å². The van der Waals surface area contributed by atoms with Crippen LogP contribution in [0.1, 0.15) is 19.4 Å². The molecule has 3 heteroatoms. The first-order valence-electron chi connectivity index (χ1n) is 4.56. The van der Waals surface area contributed by atoms with E-state index in [0.29, 0.717) is 4.50 Å². The monoisotopic (exact) mass is 227 g/mol. The Bertz CT molecular complexity index is 317. The summed E-state index contributed by atoms with van der Waals surface area (Å²) < 4.78 is 0.601. The first kappa shape index (κ1) is 11.6. The molecule has 0 aliphatic carbocycles. The molecule has 0 heterocycles. The number of aryl methyl sites for hydroxylation is 1. The summed E-state index contributed by atoms with van der Waals surface area (Å²) >= 11 is 7.46. The highest BCUT2D eigenvalue weighted by Crippen LogP contribution is 2.22. The molecule has 0 atom stereocenters. The first-order chi connectivity index (χ1) is 6.58. The first-order valence-corrected chi connectivity index (χ1v) is 5.75. The Labute approximate surface area is 94.6 Å². The molecule has 0 spiro atoms. The molecular formula is C11H14ClNS. The zero-order valence-electron chi connectivity index (χ0n) is 8.62. The van der Waals surface area contributed by atoms with Crippen molar-refractivity contribution in [3.8, 4) is 0 Å². The van der Waals surface area contributed by atoms with Gasteiger partial charge in [-0.05, 0) is 32.9 Å². The fraction of sp³-hybridized carbons (Fsp3) is 0.364. The highest BCUT2D eigenvalue weighted by atomic mass is 35.5. The average molecular weight is 228 g/mol. The predicted octanol–water partition coefficient (Wildman–Crippen LogP) is 4.09. The quantitative estimate of drug-likeness (QED) is 0.421. The van der Waals surface area contributed by atoms with Gasteiger partial charge < -0.3 is 0 Å². The number of aliphatic imine (C=N–C) groups is 1. The van der Waals surface area contributed by atoms with Gasteiger partial charge in [0.25, 0.3) is 0 Å². The molecule has 0 saturated carbocycles. The van der Waals surface area contributed by atoms with Gasteiger partial charge in [-0.15, -0.1) is 0 Å². The molecular weight excluding hydrogens is 214 g/mol. The molecule has 0 aliphatic heterocycles. The lowest BCUT2D eigenvalue weighted by molar-refractivity contribution is 0.842. The molecule has 0 radical (unpaired) electrons. The van der Waals surface area contributed by atoms with Gasteiger partial charge in [-0.3, -0.25) is 4.99 Å². The summed E-state index contributed by atoms with van der Waals surface area (Å²) in [5.41, 5.74) is 1.26. The molecule has 0 amide bonds. The van der Waals surface area contributed by atoms with Gasteiger partial charge >= 0.3 is 0 Å². The molecule has 0 aliphatic rings. The lowest BCUT2D eigenvalue weighted by Crippen LogP contribution is -1.91. The molecule has 1 aromatic carbocycles. The van der Waals surface area contributed by atoms with Crippen LogP contribution in [0.3, 0.4) is 0 Å². The van der Waals surface area contributed by atoms with Crippen LogP contribution < -0.4 is 0 Å². The highest BCUT2D eigenvalue weighted by Gasteiger charge is 1.99. The zero-order chi connectivity index (χ0) is 10.6. The fourth-order valence-electron chi connectivity index (χ4n) is 0.933. The van der Waals surface area contributed by atoms with Gasteiger partial charge in [0.2, 0.25) is 0 Å². The van der Waals surface area contributed by atoms with E-state index in [0.717, 1.165) is 4.90 Å². The second kappa shape index (κ2) is 5.42. The Morgan fingerprint density at radius 2 is 1.86 bits per heavy atom. The van der Waals surface area contributed by atoms with Crippen LogP contribution in [-0.4, -0.2) is 10.5 Å². The van der Waals surface area contributed by atoms with Crippen molar-refractivity contribution in [2.45, 2.75) is 31.7 Å². The smallest absolute Gasteiger partial charge is 0.163 e. The summed E-state index contributed by atoms with van der Waals surface area (Å²) in [4.78, 5) is 5.37. The average Bonchev–Trinajstić information content (AvgIpc) is 2.07. The van der Waals surface area contributed by atoms with E-state index in [2.05, 4.69) is 36.2 Å². The third-order valence-electron chi connectivity index (χ3n) is 1.58. The van der Waals surface area contributed by atoms with E-state index in [1.165, 1.54) is 17.3 Å². The molecule has 0 aromatic heterocycles. The minimum Gasteiger partial charge on any atom is -0.264 e. The third kappa shape index (κ3) is 4.16. The van der Waals surface area contributed by atoms with Gasteiger partial charge in [0, 0.05) is 10.9 Å². The Morgan fingerprint density at radius 1 is 1.29 bits per heavy atom. The Balaban J connectivity index is 2.65. The summed E-state index contributed by atoms with van der Waals surface area (Å²) in [6.45, 7) is 6.09. The molecule has 76 valence electrons. The van der Waals surface area contributed by atoms with Crippen molar-refractivity contribution in [2.75, 3.05) is 0 Å². The second-order valence-corrected chi connectivity index (χ2v) is 5.04. The van der Waals surface area contributed by atoms with Crippen molar-refractivity contribution in [3.05, 3.63) is 29.8 Å². The Hall–Kier alpha value is -0.470. The molecule has 0 fully saturated rings. The molecule has 0 bridgehead atoms. The number of thioether (sulfide) groups is 1. The van der Waals surface area contributed by atoms with Crippen LogP contribution in [0.15, 0.2) is 34.2 Å². The van der Waals surface area contributed by atoms with Crippen molar-refractivity contribution in [1.82, 2.24) is 0 Å². The van der Waals surface area contributed by atoms with E-state index in [9.17, 15) is 0 Å². The second-order valence-electron chi connectivity index (χ2n) is 3.39. The number of hydrogen-bond donors (Lipinski definition) is 0. The van der Waals surface area contributed by atoms with Crippen molar-refractivity contribution < 1.29 is 0 Å². The van der Waals surface area contributed by atoms with Crippen LogP contribution in [0.2, 0.25) is 0 Å². The van der Waals surface area contributed by atoms with E-state index in [1.54, 1.807) is 0 Å². The zero-order valence-corrected chi connectivity index (χ0v) is 10.2. The van der Waals surface area contributed by atoms with Gasteiger partial charge in [0.1, 0.15) is 0 Å². The minimum atomic E-state index is 0.250. The van der Waals surface area contributed by atoms with Crippen molar-refractivity contribution in [1.29, 1.82) is 0 Å². The van der Waals surface area contributed by atoms with Gasteiger partial charge in [0.15, 0.2) is 4.50 Å². The lowest BCUT2D eigenvalue weighted by Gasteiger charge is -2.01. The van der Waals surface area contributed by atoms with Crippen LogP contribution in [0.5, 0.6) is 0 Å². The summed E-state index contributed by atoms with van der Waals surface area (Å²) in [5, 5.41) is 0. The lowest BCUT2D eigenvalue weighted by atomic mass is 10.2. The molecule has 0 N–H and O–H groups in total. The third-order valence-corrected chi connectivity index (χ3v) is 2.69. The fourth-order valence-corrected chi connectivity index (χ4v) is 2.13. The van der Waals surface area contributed by atoms with Crippen LogP contribution >= 0.6 is 23.4 Å². The highest BCUT2D eigenvalue weighted by molar-refractivity contribution is 8.16. The number of rotatable bonds is 2. The van der Waals surface area contributed by atoms with Crippen LogP contribution in [0.4, 0.5) is 0 Å². The summed E-state index contributed by atoms with van der Waals surface area (Å²) in [7, 11) is 0. The van der Waals surface area contributed by atoms with E-state index >= 15 is 0 Å². The van der Waals surface area contributed by atoms with Crippen LogP contribution in [0.25, 0.3) is 0 Å². The molecule has 14 heavy (non-hydrogen) atoms. The van der Waals surface area contributed by atoms with Crippen LogP contribution in [0, 0.1) is 6.92 Å². The maximum atomic E-state index is 5.96. The number of benzene rings is 1. The topological polar surface area (TPSA) is 12.4 Å². The van der Waals surface area contributed by atoms with Crippen LogP contribution in [-0.2, 0) is 0 Å². The van der Waals surface area contributed by atoms with Gasteiger partial charge in [-0.1, -0.05) is 41.1 Å². The van der Waals surface area contributed by atoms with Crippen molar-refractivity contribution in [3.63, 3.8) is 0 Å². The number of halogens is 1. The molecule has 1 nitrogen and oxygen atoms in total. The van der Waals surface area contributed by atoms with E-state index in [1.807, 2.05) is 13.8 Å². The minimum absolute atomic E-state index is 0.250. The van der Waals surface area contributed by atoms with E-state index < -0.39 is 0 Å². The predicted molar refractivity (Wildman–Crippen MR) is 65.5 cm³/mol. The van der Waals surface area contributed by atoms with E-state index in [4.69, 9.17) is 11.6 Å². The summed E-state index contributed by atoms with van der Waals surface area (Å²) in [6.07, 6.45) is 0. The number of nitrogens with zero attached hydrogens (tertiary/aromatic N) is 1. The van der Waals surface area contributed by atoms with Crippen molar-refractivity contribution >= 4 is 27.9 Å². The van der Waals surface area contributed by atoms with E-state index in [-0.39, 0.29) is 6.04 Å². The van der Waals surface area contributed by atoms with Gasteiger partial charge in [-0.2, -0.15) is 0 Å². The maximum absolute atomic E-state index is 5.96. The Morgan fingerprint density at radius 3 is 2.36 bits per heavy atom. The maximum Gasteiger partial charge on any atom is 0.163 e.